The second kappa shape index (κ2) is 7.68. The average Bonchev–Trinajstić information content (AvgIpc) is 3.00. The van der Waals surface area contributed by atoms with E-state index in [4.69, 9.17) is 10.3 Å². The zero-order valence-corrected chi connectivity index (χ0v) is 15.3. The fourth-order valence-electron chi connectivity index (χ4n) is 4.60. The summed E-state index contributed by atoms with van der Waals surface area (Å²) in [6, 6.07) is 1.000. The van der Waals surface area contributed by atoms with Crippen LogP contribution in [0.2, 0.25) is 0 Å². The minimum atomic E-state index is -0.148. The first-order valence-corrected chi connectivity index (χ1v) is 9.38. The standard InChI is InChI=1S/C17H30N6O2/c1-3-25-16(24)23-9-6-17(12-23)10-15(11-17)22-7-4-14(5-8-22)19-13(2)20-21-18/h14-15H,3-12H2,1-2H3,(H2,18,19,20). The number of amidine groups is 1. The maximum absolute atomic E-state index is 11.9. The van der Waals surface area contributed by atoms with Gasteiger partial charge < -0.3 is 14.5 Å². The van der Waals surface area contributed by atoms with E-state index in [1.807, 2.05) is 18.7 Å². The SMILES string of the molecule is CCOC(=O)N1CCC2(CC(N3CCC(N=C(C)NN=N)CC3)C2)C1. The van der Waals surface area contributed by atoms with Crippen molar-refractivity contribution in [2.45, 2.75) is 58.0 Å². The van der Waals surface area contributed by atoms with Crippen molar-refractivity contribution in [1.82, 2.24) is 15.2 Å². The largest absolute Gasteiger partial charge is 0.450 e. The molecule has 1 amide bonds. The van der Waals surface area contributed by atoms with Crippen LogP contribution in [0.3, 0.4) is 0 Å². The zero-order valence-electron chi connectivity index (χ0n) is 15.3. The molecular weight excluding hydrogens is 320 g/mol. The summed E-state index contributed by atoms with van der Waals surface area (Å²) in [5, 5.41) is 3.16. The molecule has 2 heterocycles. The lowest BCUT2D eigenvalue weighted by molar-refractivity contribution is -0.00423. The number of ether oxygens (including phenoxy) is 1. The molecular formula is C17H30N6O2. The van der Waals surface area contributed by atoms with Crippen LogP contribution in [0.15, 0.2) is 10.2 Å². The third-order valence-corrected chi connectivity index (χ3v) is 5.91. The molecule has 1 saturated carbocycles. The number of rotatable bonds is 4. The lowest BCUT2D eigenvalue weighted by atomic mass is 9.64. The Morgan fingerprint density at radius 2 is 2.04 bits per heavy atom. The van der Waals surface area contributed by atoms with Crippen LogP contribution >= 0.6 is 0 Å². The second-order valence-corrected chi connectivity index (χ2v) is 7.64. The Morgan fingerprint density at radius 1 is 1.32 bits per heavy atom. The number of hydrogen-bond donors (Lipinski definition) is 2. The molecule has 1 aliphatic carbocycles. The summed E-state index contributed by atoms with van der Waals surface area (Å²) in [5.41, 5.74) is 9.73. The molecule has 3 rings (SSSR count). The van der Waals surface area contributed by atoms with E-state index in [-0.39, 0.29) is 6.09 Å². The molecule has 25 heavy (non-hydrogen) atoms. The molecule has 140 valence electrons. The van der Waals surface area contributed by atoms with E-state index in [1.54, 1.807) is 0 Å². The molecule has 8 nitrogen and oxygen atoms in total. The molecule has 0 bridgehead atoms. The number of carbonyl (C=O) groups is 1. The number of likely N-dealkylation sites (tertiary alicyclic amines) is 2. The molecule has 0 radical (unpaired) electrons. The molecule has 2 aliphatic heterocycles. The van der Waals surface area contributed by atoms with E-state index in [0.29, 0.717) is 24.1 Å². The van der Waals surface area contributed by atoms with Gasteiger partial charge in [-0.05, 0) is 51.4 Å². The van der Waals surface area contributed by atoms with Gasteiger partial charge >= 0.3 is 6.09 Å². The molecule has 3 aliphatic rings. The Hall–Kier alpha value is -1.70. The maximum Gasteiger partial charge on any atom is 0.409 e. The number of hydrogen-bond acceptors (Lipinski definition) is 6. The first kappa shape index (κ1) is 18.1. The van der Waals surface area contributed by atoms with E-state index in [9.17, 15) is 4.79 Å². The third kappa shape index (κ3) is 4.11. The fraction of sp³-hybridized carbons (Fsp3) is 0.882. The Morgan fingerprint density at radius 3 is 2.68 bits per heavy atom. The van der Waals surface area contributed by atoms with Crippen LogP contribution < -0.4 is 5.43 Å². The summed E-state index contributed by atoms with van der Waals surface area (Å²) in [5.74, 6) is 0.723. The van der Waals surface area contributed by atoms with Gasteiger partial charge in [0.25, 0.3) is 0 Å². The molecule has 0 atom stereocenters. The monoisotopic (exact) mass is 350 g/mol. The number of piperidine rings is 1. The predicted molar refractivity (Wildman–Crippen MR) is 94.7 cm³/mol. The van der Waals surface area contributed by atoms with Gasteiger partial charge in [0.2, 0.25) is 0 Å². The van der Waals surface area contributed by atoms with Gasteiger partial charge in [0, 0.05) is 32.2 Å². The van der Waals surface area contributed by atoms with Crippen molar-refractivity contribution < 1.29 is 9.53 Å². The highest BCUT2D eigenvalue weighted by atomic mass is 16.6. The van der Waals surface area contributed by atoms with Gasteiger partial charge in [0.15, 0.2) is 0 Å². The third-order valence-electron chi connectivity index (χ3n) is 5.91. The Bertz CT molecular complexity index is 523. The number of nitrogens with zero attached hydrogens (tertiary/aromatic N) is 4. The van der Waals surface area contributed by atoms with Gasteiger partial charge in [-0.25, -0.2) is 10.2 Å². The van der Waals surface area contributed by atoms with E-state index in [1.165, 1.54) is 12.8 Å². The lowest BCUT2D eigenvalue weighted by Gasteiger charge is -2.51. The summed E-state index contributed by atoms with van der Waals surface area (Å²) in [6.07, 6.45) is 5.50. The first-order chi connectivity index (χ1) is 12.0. The summed E-state index contributed by atoms with van der Waals surface area (Å²) < 4.78 is 5.13. The predicted octanol–water partition coefficient (Wildman–Crippen LogP) is 2.42. The Labute approximate surface area is 149 Å². The minimum absolute atomic E-state index is 0.148. The maximum atomic E-state index is 11.9. The van der Waals surface area contributed by atoms with Crippen molar-refractivity contribution >= 4 is 11.9 Å². The first-order valence-electron chi connectivity index (χ1n) is 9.38. The van der Waals surface area contributed by atoms with Crippen LogP contribution in [0.1, 0.15) is 46.0 Å². The molecule has 0 aromatic carbocycles. The quantitative estimate of drug-likeness (QED) is 0.352. The van der Waals surface area contributed by atoms with Crippen molar-refractivity contribution in [3.8, 4) is 0 Å². The van der Waals surface area contributed by atoms with E-state index in [0.717, 1.165) is 51.3 Å². The van der Waals surface area contributed by atoms with E-state index in [2.05, 4.69) is 20.5 Å². The highest BCUT2D eigenvalue weighted by Crippen LogP contribution is 2.50. The Kier molecular flexibility index (Phi) is 5.56. The Balaban J connectivity index is 1.42. The van der Waals surface area contributed by atoms with Crippen LogP contribution in [0.4, 0.5) is 4.79 Å². The van der Waals surface area contributed by atoms with Crippen LogP contribution in [0.25, 0.3) is 0 Å². The van der Waals surface area contributed by atoms with Crippen LogP contribution in [0.5, 0.6) is 0 Å². The van der Waals surface area contributed by atoms with E-state index >= 15 is 0 Å². The van der Waals surface area contributed by atoms with Gasteiger partial charge in [-0.2, -0.15) is 5.53 Å². The number of nitrogens with one attached hydrogen (secondary N) is 2. The summed E-state index contributed by atoms with van der Waals surface area (Å²) >= 11 is 0. The number of carbonyl (C=O) groups excluding carboxylic acids is 1. The smallest absolute Gasteiger partial charge is 0.409 e. The van der Waals surface area contributed by atoms with E-state index < -0.39 is 0 Å². The van der Waals surface area contributed by atoms with Crippen molar-refractivity contribution in [2.75, 3.05) is 32.8 Å². The summed E-state index contributed by atoms with van der Waals surface area (Å²) in [4.78, 5) is 21.0. The highest BCUT2D eigenvalue weighted by Gasteiger charge is 2.51. The van der Waals surface area contributed by atoms with Crippen molar-refractivity contribution in [3.05, 3.63) is 0 Å². The molecule has 0 aromatic heterocycles. The summed E-state index contributed by atoms with van der Waals surface area (Å²) in [6.45, 7) is 8.04. The molecule has 1 spiro atoms. The number of amides is 1. The van der Waals surface area contributed by atoms with Crippen LogP contribution in [-0.4, -0.2) is 66.6 Å². The fourth-order valence-corrected chi connectivity index (χ4v) is 4.60. The minimum Gasteiger partial charge on any atom is -0.450 e. The van der Waals surface area contributed by atoms with Gasteiger partial charge in [-0.15, -0.1) is 0 Å². The lowest BCUT2D eigenvalue weighted by Crippen LogP contribution is -2.54. The molecule has 2 saturated heterocycles. The van der Waals surface area contributed by atoms with Gasteiger partial charge in [0.1, 0.15) is 5.84 Å². The van der Waals surface area contributed by atoms with Gasteiger partial charge in [-0.1, -0.05) is 5.22 Å². The molecule has 2 N–H and O–H groups in total. The average molecular weight is 350 g/mol. The molecule has 8 heteroatoms. The molecule has 0 aromatic rings. The topological polar surface area (TPSA) is 93.4 Å². The van der Waals surface area contributed by atoms with Crippen molar-refractivity contribution in [2.24, 2.45) is 15.6 Å². The summed E-state index contributed by atoms with van der Waals surface area (Å²) in [7, 11) is 0. The highest BCUT2D eigenvalue weighted by molar-refractivity contribution is 5.79. The van der Waals surface area contributed by atoms with Crippen LogP contribution in [0, 0.1) is 10.9 Å². The normalized spacial score (nSPS) is 31.0. The van der Waals surface area contributed by atoms with Crippen molar-refractivity contribution in [3.63, 3.8) is 0 Å². The number of aliphatic imine (C=N–C) groups is 1. The van der Waals surface area contributed by atoms with Gasteiger partial charge in [0.05, 0.1) is 12.6 Å². The molecule has 3 fully saturated rings. The van der Waals surface area contributed by atoms with Crippen LogP contribution in [-0.2, 0) is 4.74 Å². The molecule has 0 unspecified atom stereocenters. The zero-order chi connectivity index (χ0) is 17.9. The van der Waals surface area contributed by atoms with Gasteiger partial charge in [-0.3, -0.25) is 4.99 Å². The van der Waals surface area contributed by atoms with Crippen molar-refractivity contribution in [1.29, 1.82) is 5.53 Å². The second-order valence-electron chi connectivity index (χ2n) is 7.64.